The molecule has 0 fully saturated rings. The second-order valence-electron chi connectivity index (χ2n) is 2.33. The molecule has 6 nitrogen and oxygen atoms in total. The van der Waals surface area contributed by atoms with E-state index in [0.29, 0.717) is 22.3 Å². The van der Waals surface area contributed by atoms with Crippen molar-refractivity contribution in [3.05, 3.63) is 12.4 Å². The highest BCUT2D eigenvalue weighted by atomic mass is 15.2. The molecule has 3 heterocycles. The van der Waals surface area contributed by atoms with Gasteiger partial charge in [0.15, 0.2) is 0 Å². The van der Waals surface area contributed by atoms with Crippen LogP contribution in [0.3, 0.4) is 0 Å². The van der Waals surface area contributed by atoms with E-state index in [4.69, 9.17) is 0 Å². The average molecular weight is 158 g/mol. The van der Waals surface area contributed by atoms with Crippen LogP contribution < -0.4 is 10.2 Å². The lowest BCUT2D eigenvalue weighted by Gasteiger charge is -1.98. The van der Waals surface area contributed by atoms with Crippen molar-refractivity contribution in [3.8, 4) is 0 Å². The summed E-state index contributed by atoms with van der Waals surface area (Å²) >= 11 is 0. The first-order valence-corrected chi connectivity index (χ1v) is 3.34. The molecule has 0 aliphatic carbocycles. The molecule has 0 saturated carbocycles. The molecule has 3 aromatic heterocycles. The van der Waals surface area contributed by atoms with Crippen molar-refractivity contribution in [2.45, 2.75) is 0 Å². The van der Waals surface area contributed by atoms with Crippen molar-refractivity contribution in [2.24, 2.45) is 0 Å². The van der Waals surface area contributed by atoms with Crippen molar-refractivity contribution in [1.82, 2.24) is 30.4 Å². The quantitative estimate of drug-likeness (QED) is 0.438. The van der Waals surface area contributed by atoms with Gasteiger partial charge in [0.1, 0.15) is 0 Å². The molecule has 6 heteroatoms. The van der Waals surface area contributed by atoms with Gasteiger partial charge in [-0.1, -0.05) is 0 Å². The number of nitrogens with zero attached hydrogens (tertiary/aromatic N) is 6. The highest BCUT2D eigenvalue weighted by Gasteiger charge is 1.91. The predicted octanol–water partition coefficient (Wildman–Crippen LogP) is -0.513. The third-order valence-corrected chi connectivity index (χ3v) is 1.58. The highest BCUT2D eigenvalue weighted by molar-refractivity contribution is 5.80. The molecule has 12 heavy (non-hydrogen) atoms. The summed E-state index contributed by atoms with van der Waals surface area (Å²) in [5, 5.41) is 14.9. The molecule has 0 amide bonds. The molecule has 0 aliphatic rings. The fourth-order valence-electron chi connectivity index (χ4n) is 1.04. The Morgan fingerprint density at radius 1 is 1.17 bits per heavy atom. The lowest BCUT2D eigenvalue weighted by atomic mass is 10.5. The van der Waals surface area contributed by atoms with Gasteiger partial charge in [-0.05, 0) is 5.65 Å². The van der Waals surface area contributed by atoms with E-state index < -0.39 is 0 Å². The van der Waals surface area contributed by atoms with Crippen LogP contribution in [-0.2, 0) is 0 Å². The lowest BCUT2D eigenvalue weighted by molar-refractivity contribution is 1.05. The molecule has 58 valence electrons. The lowest BCUT2D eigenvalue weighted by Crippen LogP contribution is -1.84. The fourth-order valence-corrected chi connectivity index (χ4v) is 1.04. The molecular weight excluding hydrogens is 156 g/mol. The SMILES string of the molecule is c1[n-]nc2nc3[n-]ncc3nc12. The summed E-state index contributed by atoms with van der Waals surface area (Å²) in [4.78, 5) is 8.27. The summed E-state index contributed by atoms with van der Waals surface area (Å²) < 4.78 is 0. The van der Waals surface area contributed by atoms with Crippen molar-refractivity contribution in [1.29, 1.82) is 0 Å². The zero-order chi connectivity index (χ0) is 7.97. The van der Waals surface area contributed by atoms with E-state index >= 15 is 0 Å². The first-order valence-electron chi connectivity index (χ1n) is 3.34. The van der Waals surface area contributed by atoms with E-state index in [-0.39, 0.29) is 0 Å². The van der Waals surface area contributed by atoms with Gasteiger partial charge >= 0.3 is 0 Å². The Morgan fingerprint density at radius 2 is 2.17 bits per heavy atom. The fraction of sp³-hybridized carbons (Fsp3) is 0. The van der Waals surface area contributed by atoms with E-state index in [9.17, 15) is 0 Å². The third kappa shape index (κ3) is 0.584. The zero-order valence-electron chi connectivity index (χ0n) is 5.84. The predicted molar refractivity (Wildman–Crippen MR) is 39.3 cm³/mol. The van der Waals surface area contributed by atoms with Crippen LogP contribution in [0.25, 0.3) is 22.3 Å². The molecule has 3 rings (SSSR count). The molecule has 0 spiro atoms. The summed E-state index contributed by atoms with van der Waals surface area (Å²) in [6, 6.07) is 0. The van der Waals surface area contributed by atoms with Crippen molar-refractivity contribution in [2.75, 3.05) is 0 Å². The summed E-state index contributed by atoms with van der Waals surface area (Å²) in [6.45, 7) is 0. The standard InChI is InChI=1S/C6H2N6/c1-3-5(11-7-1)10-6-4(9-3)2-8-12-6/h1-2H/q-2. The van der Waals surface area contributed by atoms with Crippen LogP contribution in [0.2, 0.25) is 0 Å². The molecular formula is C6H2N6-2. The summed E-state index contributed by atoms with van der Waals surface area (Å²) in [5.41, 5.74) is 2.39. The smallest absolute Gasteiger partial charge is 0.0823 e. The molecule has 0 N–H and O–H groups in total. The van der Waals surface area contributed by atoms with Gasteiger partial charge in [-0.3, -0.25) is 5.10 Å². The van der Waals surface area contributed by atoms with Crippen molar-refractivity contribution < 1.29 is 0 Å². The molecule has 0 aromatic carbocycles. The Hall–Kier alpha value is -1.98. The van der Waals surface area contributed by atoms with Crippen molar-refractivity contribution >= 4 is 22.3 Å². The number of rotatable bonds is 0. The Labute approximate surface area is 66.0 Å². The van der Waals surface area contributed by atoms with Crippen LogP contribution in [0.1, 0.15) is 0 Å². The summed E-state index contributed by atoms with van der Waals surface area (Å²) in [6.07, 6.45) is 3.13. The number of fused-ring (bicyclic) bond motifs is 2. The molecule has 0 aliphatic heterocycles. The molecule has 0 atom stereocenters. The number of hydrogen-bond donors (Lipinski definition) is 0. The summed E-state index contributed by atoms with van der Waals surface area (Å²) in [7, 11) is 0. The highest BCUT2D eigenvalue weighted by Crippen LogP contribution is 2.09. The van der Waals surface area contributed by atoms with Gasteiger partial charge < -0.3 is 20.3 Å². The van der Waals surface area contributed by atoms with E-state index in [0.717, 1.165) is 0 Å². The van der Waals surface area contributed by atoms with E-state index in [2.05, 4.69) is 30.4 Å². The number of aromatic nitrogens is 6. The first-order chi connectivity index (χ1) is 5.93. The van der Waals surface area contributed by atoms with Gasteiger partial charge in [0.2, 0.25) is 0 Å². The van der Waals surface area contributed by atoms with Gasteiger partial charge in [-0.25, -0.2) is 4.98 Å². The largest absolute Gasteiger partial charge is 0.580 e. The van der Waals surface area contributed by atoms with Crippen LogP contribution in [0, 0.1) is 0 Å². The third-order valence-electron chi connectivity index (χ3n) is 1.58. The monoisotopic (exact) mass is 158 g/mol. The Bertz CT molecular complexity index is 444. The van der Waals surface area contributed by atoms with E-state index in [1.807, 2.05) is 0 Å². The molecule has 0 radical (unpaired) electrons. The van der Waals surface area contributed by atoms with Crippen LogP contribution in [0.5, 0.6) is 0 Å². The summed E-state index contributed by atoms with van der Waals surface area (Å²) in [5.74, 6) is 0. The van der Waals surface area contributed by atoms with Gasteiger partial charge in [0.25, 0.3) is 0 Å². The normalized spacial score (nSPS) is 11.3. The Morgan fingerprint density at radius 3 is 3.17 bits per heavy atom. The van der Waals surface area contributed by atoms with Gasteiger partial charge in [-0.2, -0.15) is 0 Å². The van der Waals surface area contributed by atoms with E-state index in [1.165, 1.54) is 0 Å². The van der Waals surface area contributed by atoms with Crippen molar-refractivity contribution in [3.63, 3.8) is 0 Å². The minimum Gasteiger partial charge on any atom is -0.580 e. The second-order valence-corrected chi connectivity index (χ2v) is 2.33. The average Bonchev–Trinajstić information content (AvgIpc) is 2.64. The minimum absolute atomic E-state index is 0.517. The van der Waals surface area contributed by atoms with Gasteiger partial charge in [0.05, 0.1) is 22.9 Å². The molecule has 3 aromatic rings. The Balaban J connectivity index is 2.62. The van der Waals surface area contributed by atoms with Crippen LogP contribution >= 0.6 is 0 Å². The second kappa shape index (κ2) is 1.79. The maximum atomic E-state index is 4.19. The zero-order valence-corrected chi connectivity index (χ0v) is 5.84. The maximum absolute atomic E-state index is 4.19. The molecule has 0 bridgehead atoms. The van der Waals surface area contributed by atoms with E-state index in [1.54, 1.807) is 12.4 Å². The minimum atomic E-state index is 0.517. The maximum Gasteiger partial charge on any atom is 0.0823 e. The van der Waals surface area contributed by atoms with Crippen LogP contribution in [0.15, 0.2) is 12.4 Å². The first kappa shape index (κ1) is 5.64. The molecule has 0 saturated heterocycles. The van der Waals surface area contributed by atoms with Crippen LogP contribution in [-0.4, -0.2) is 20.2 Å². The van der Waals surface area contributed by atoms with Gasteiger partial charge in [-0.15, -0.1) is 6.20 Å². The molecule has 0 unspecified atom stereocenters. The topological polar surface area (TPSA) is 79.8 Å². The van der Waals surface area contributed by atoms with Crippen LogP contribution in [0.4, 0.5) is 0 Å². The Kier molecular flexibility index (Phi) is 0.840. The van der Waals surface area contributed by atoms with Gasteiger partial charge in [0, 0.05) is 0 Å². The number of hydrogen-bond acceptors (Lipinski definition) is 4.